The molecule has 5 amide bonds. The zero-order valence-electron chi connectivity index (χ0n) is 29.5. The van der Waals surface area contributed by atoms with Gasteiger partial charge >= 0.3 is 11.9 Å². The maximum absolute atomic E-state index is 13.5. The largest absolute Gasteiger partial charge is 0.481 e. The van der Waals surface area contributed by atoms with Crippen LogP contribution in [-0.2, 0) is 46.4 Å². The van der Waals surface area contributed by atoms with E-state index in [-0.39, 0.29) is 25.2 Å². The van der Waals surface area contributed by atoms with E-state index in [1.165, 1.54) is 13.8 Å². The van der Waals surface area contributed by atoms with Gasteiger partial charge in [-0.25, -0.2) is 4.79 Å². The quantitative estimate of drug-likeness (QED) is 0.0820. The molecule has 52 heavy (non-hydrogen) atoms. The van der Waals surface area contributed by atoms with Gasteiger partial charge in [-0.05, 0) is 43.4 Å². The van der Waals surface area contributed by atoms with Gasteiger partial charge in [0.1, 0.15) is 30.2 Å². The van der Waals surface area contributed by atoms with Crippen LogP contribution in [0.1, 0.15) is 51.7 Å². The second-order valence-electron chi connectivity index (χ2n) is 13.1. The van der Waals surface area contributed by atoms with Gasteiger partial charge in [-0.15, -0.1) is 0 Å². The van der Waals surface area contributed by atoms with E-state index >= 15 is 0 Å². The molecule has 0 bridgehead atoms. The number of fused-ring (bicyclic) bond motifs is 1. The van der Waals surface area contributed by atoms with Gasteiger partial charge in [0.2, 0.25) is 29.5 Å². The Bertz CT molecular complexity index is 1740. The lowest BCUT2D eigenvalue weighted by molar-refractivity contribution is -0.142. The van der Waals surface area contributed by atoms with E-state index in [1.54, 1.807) is 42.6 Å². The van der Waals surface area contributed by atoms with Gasteiger partial charge < -0.3 is 47.5 Å². The number of carbonyl (C=O) groups is 7. The summed E-state index contributed by atoms with van der Waals surface area (Å²) in [7, 11) is 0. The molecule has 1 heterocycles. The maximum atomic E-state index is 13.5. The van der Waals surface area contributed by atoms with Crippen molar-refractivity contribution < 1.29 is 43.8 Å². The highest BCUT2D eigenvalue weighted by Crippen LogP contribution is 2.19. The van der Waals surface area contributed by atoms with Crippen LogP contribution in [0.2, 0.25) is 0 Å². The van der Waals surface area contributed by atoms with Crippen molar-refractivity contribution in [3.63, 3.8) is 0 Å². The minimum Gasteiger partial charge on any atom is -0.481 e. The van der Waals surface area contributed by atoms with Crippen LogP contribution in [0.25, 0.3) is 10.9 Å². The molecule has 0 fully saturated rings. The Morgan fingerprint density at radius 2 is 1.17 bits per heavy atom. The van der Waals surface area contributed by atoms with Gasteiger partial charge in [-0.2, -0.15) is 0 Å². The highest BCUT2D eigenvalue weighted by Gasteiger charge is 2.31. The fourth-order valence-electron chi connectivity index (χ4n) is 5.39. The molecule has 280 valence electrons. The minimum atomic E-state index is -1.44. The van der Waals surface area contributed by atoms with Crippen molar-refractivity contribution in [3.8, 4) is 0 Å². The molecule has 3 aromatic rings. The predicted octanol–water partition coefficient (Wildman–Crippen LogP) is 0.350. The van der Waals surface area contributed by atoms with E-state index in [2.05, 4.69) is 31.6 Å². The van der Waals surface area contributed by atoms with Crippen LogP contribution in [0.4, 0.5) is 0 Å². The average molecular weight is 722 g/mol. The number of aliphatic carboxylic acids is 2. The van der Waals surface area contributed by atoms with Crippen LogP contribution >= 0.6 is 0 Å². The molecule has 16 nitrogen and oxygen atoms in total. The second kappa shape index (κ2) is 19.0. The SMILES string of the molecule is CC(C)C[C@H](NC(=O)[C@H](Cc1ccccc1)NC(=O)[C@H](C)NC(=O)[C@H](C)NC(=O)[C@H](Cc1c[nH]c2ccccc12)NC(=O)[C@@H](N)CC(=O)O)C(=O)O. The number of nitrogens with one attached hydrogen (secondary N) is 6. The summed E-state index contributed by atoms with van der Waals surface area (Å²) >= 11 is 0. The number of H-pyrrole nitrogens is 1. The summed E-state index contributed by atoms with van der Waals surface area (Å²) in [4.78, 5) is 91.9. The Balaban J connectivity index is 1.70. The fraction of sp³-hybridized carbons (Fsp3) is 0.417. The zero-order valence-corrected chi connectivity index (χ0v) is 29.5. The van der Waals surface area contributed by atoms with E-state index in [9.17, 15) is 38.7 Å². The number of benzene rings is 2. The lowest BCUT2D eigenvalue weighted by atomic mass is 10.0. The third-order valence-corrected chi connectivity index (χ3v) is 8.20. The van der Waals surface area contributed by atoms with Gasteiger partial charge in [0.25, 0.3) is 0 Å². The standard InChI is InChI=1S/C36H47N7O9/c1-19(2)14-29(36(51)52)43-35(50)27(15-22-10-6-5-7-11-22)41-32(47)21(4)39-31(46)20(3)40-34(49)28(42-33(48)25(37)17-30(44)45)16-23-18-38-26-13-9-8-12-24(23)26/h5-13,18-21,25,27-29,38H,14-17,37H2,1-4H3,(H,39,46)(H,40,49)(H,41,47)(H,42,48)(H,43,50)(H,44,45)(H,51,52)/t20-,21-,25-,27-,28-,29-/m0/s1. The molecule has 0 unspecified atom stereocenters. The molecule has 10 N–H and O–H groups in total. The molecule has 3 rings (SSSR count). The van der Waals surface area contributed by atoms with Crippen LogP contribution in [0.15, 0.2) is 60.8 Å². The highest BCUT2D eigenvalue weighted by atomic mass is 16.4. The topological polar surface area (TPSA) is 262 Å². The van der Waals surface area contributed by atoms with E-state index in [4.69, 9.17) is 10.8 Å². The first-order chi connectivity index (χ1) is 24.5. The first-order valence-electron chi connectivity index (χ1n) is 16.9. The number of hydrogen-bond acceptors (Lipinski definition) is 8. The van der Waals surface area contributed by atoms with Crippen molar-refractivity contribution in [1.29, 1.82) is 0 Å². The summed E-state index contributed by atoms with van der Waals surface area (Å²) in [6, 6.07) is 8.60. The number of para-hydroxylation sites is 1. The second-order valence-corrected chi connectivity index (χ2v) is 13.1. The summed E-state index contributed by atoms with van der Waals surface area (Å²) in [6.45, 7) is 6.38. The van der Waals surface area contributed by atoms with E-state index < -0.39 is 84.1 Å². The molecular formula is C36H47N7O9. The van der Waals surface area contributed by atoms with Gasteiger partial charge in [0.05, 0.1) is 12.5 Å². The van der Waals surface area contributed by atoms with Crippen LogP contribution in [-0.4, -0.2) is 92.9 Å². The Morgan fingerprint density at radius 3 is 1.79 bits per heavy atom. The monoisotopic (exact) mass is 721 g/mol. The number of amides is 5. The molecule has 6 atom stereocenters. The molecule has 1 aromatic heterocycles. The predicted molar refractivity (Wildman–Crippen MR) is 190 cm³/mol. The summed E-state index contributed by atoms with van der Waals surface area (Å²) < 4.78 is 0. The first kappa shape index (κ1) is 40.7. The van der Waals surface area contributed by atoms with Gasteiger partial charge in [0, 0.05) is 29.9 Å². The molecule has 16 heteroatoms. The molecule has 0 aliphatic rings. The van der Waals surface area contributed by atoms with Crippen molar-refractivity contribution in [1.82, 2.24) is 31.6 Å². The van der Waals surface area contributed by atoms with Crippen LogP contribution in [0, 0.1) is 5.92 Å². The smallest absolute Gasteiger partial charge is 0.326 e. The number of nitrogens with two attached hydrogens (primary N) is 1. The van der Waals surface area contributed by atoms with E-state index in [1.807, 2.05) is 32.0 Å². The lowest BCUT2D eigenvalue weighted by Gasteiger charge is -2.25. The number of hydrogen-bond donors (Lipinski definition) is 9. The molecular weight excluding hydrogens is 674 g/mol. The first-order valence-corrected chi connectivity index (χ1v) is 16.9. The summed E-state index contributed by atoms with van der Waals surface area (Å²) in [6.07, 6.45) is 1.18. The molecule has 0 saturated heterocycles. The Morgan fingerprint density at radius 1 is 0.654 bits per heavy atom. The third kappa shape index (κ3) is 12.2. The number of aromatic amines is 1. The van der Waals surface area contributed by atoms with Crippen LogP contribution < -0.4 is 32.3 Å². The summed E-state index contributed by atoms with van der Waals surface area (Å²) in [5.74, 6) is -6.40. The van der Waals surface area contributed by atoms with E-state index in [0.717, 1.165) is 10.9 Å². The molecule has 0 radical (unpaired) electrons. The minimum absolute atomic E-state index is 0.0285. The number of carbonyl (C=O) groups excluding carboxylic acids is 5. The van der Waals surface area contributed by atoms with Crippen LogP contribution in [0.3, 0.4) is 0 Å². The average Bonchev–Trinajstić information content (AvgIpc) is 3.49. The van der Waals surface area contributed by atoms with E-state index in [0.29, 0.717) is 11.1 Å². The van der Waals surface area contributed by atoms with Crippen molar-refractivity contribution in [2.75, 3.05) is 0 Å². The number of carboxylic acid groups (broad SMARTS) is 2. The van der Waals surface area contributed by atoms with Gasteiger partial charge in [-0.1, -0.05) is 62.4 Å². The zero-order chi connectivity index (χ0) is 38.5. The molecule has 0 aliphatic heterocycles. The summed E-state index contributed by atoms with van der Waals surface area (Å²) in [5.41, 5.74) is 7.88. The van der Waals surface area contributed by atoms with Crippen molar-refractivity contribution in [3.05, 3.63) is 71.9 Å². The Labute approximate surface area is 300 Å². The fourth-order valence-corrected chi connectivity index (χ4v) is 5.39. The Kier molecular flexibility index (Phi) is 14.9. The maximum Gasteiger partial charge on any atom is 0.326 e. The van der Waals surface area contributed by atoms with Crippen molar-refractivity contribution >= 4 is 52.4 Å². The van der Waals surface area contributed by atoms with Gasteiger partial charge in [-0.3, -0.25) is 28.8 Å². The van der Waals surface area contributed by atoms with Crippen molar-refractivity contribution in [2.45, 2.75) is 89.6 Å². The van der Waals surface area contributed by atoms with Crippen molar-refractivity contribution in [2.24, 2.45) is 11.7 Å². The Hall–Kier alpha value is -5.77. The molecule has 2 aromatic carbocycles. The number of rotatable bonds is 19. The third-order valence-electron chi connectivity index (χ3n) is 8.20. The number of aromatic nitrogens is 1. The summed E-state index contributed by atoms with van der Waals surface area (Å²) in [5, 5.41) is 32.1. The molecule has 0 aliphatic carbocycles. The highest BCUT2D eigenvalue weighted by molar-refractivity contribution is 5.97. The van der Waals surface area contributed by atoms with Crippen LogP contribution in [0.5, 0.6) is 0 Å². The molecule has 0 saturated carbocycles. The molecule has 0 spiro atoms. The van der Waals surface area contributed by atoms with Gasteiger partial charge in [0.15, 0.2) is 0 Å². The number of carboxylic acids is 2. The lowest BCUT2D eigenvalue weighted by Crippen LogP contribution is -2.58. The normalized spacial score (nSPS) is 14.6.